The molecule has 6 nitrogen and oxygen atoms in total. The Bertz CT molecular complexity index is 966. The van der Waals surface area contributed by atoms with E-state index in [0.717, 1.165) is 43.9 Å². The third kappa shape index (κ3) is 4.20. The van der Waals surface area contributed by atoms with Crippen molar-refractivity contribution in [2.45, 2.75) is 43.7 Å². The monoisotopic (exact) mass is 398 g/mol. The maximum atomic E-state index is 12.3. The van der Waals surface area contributed by atoms with E-state index in [4.69, 9.17) is 4.99 Å². The second-order valence-electron chi connectivity index (χ2n) is 7.24. The molecule has 148 valence electrons. The lowest BCUT2D eigenvalue weighted by atomic mass is 10.2. The number of anilines is 1. The molecule has 0 saturated heterocycles. The minimum absolute atomic E-state index is 0.111. The van der Waals surface area contributed by atoms with Crippen LogP contribution in [0.15, 0.2) is 58.4 Å². The molecule has 2 aromatic carbocycles. The first kappa shape index (κ1) is 19.0. The van der Waals surface area contributed by atoms with Crippen molar-refractivity contribution >= 4 is 21.7 Å². The van der Waals surface area contributed by atoms with Crippen molar-refractivity contribution in [3.8, 4) is 0 Å². The molecule has 0 atom stereocenters. The molecule has 1 aliphatic heterocycles. The number of hydrogen-bond acceptors (Lipinski definition) is 3. The van der Waals surface area contributed by atoms with Crippen LogP contribution in [0.1, 0.15) is 30.9 Å². The molecule has 0 spiro atoms. The summed E-state index contributed by atoms with van der Waals surface area (Å²) >= 11 is 0. The van der Waals surface area contributed by atoms with Crippen LogP contribution in [0.3, 0.4) is 0 Å². The summed E-state index contributed by atoms with van der Waals surface area (Å²) in [6.07, 6.45) is 2.87. The molecule has 0 unspecified atom stereocenters. The standard InChI is InChI=1S/C21H26N4O2S/c1-2-22-21(25-14-13-17-5-3-4-6-20(17)25)23-15-16-7-11-19(12-8-16)28(26,27)24-18-9-10-18/h3-8,11-12,18,24H,2,9-10,13-15H2,1H3,(H,22,23). The number of nitrogens with zero attached hydrogens (tertiary/aromatic N) is 2. The van der Waals surface area contributed by atoms with E-state index in [0.29, 0.717) is 11.4 Å². The molecule has 2 aliphatic rings. The molecule has 0 radical (unpaired) electrons. The molecular formula is C21H26N4O2S. The minimum Gasteiger partial charge on any atom is -0.356 e. The summed E-state index contributed by atoms with van der Waals surface area (Å²) in [6, 6.07) is 15.5. The van der Waals surface area contributed by atoms with Crippen molar-refractivity contribution in [1.29, 1.82) is 0 Å². The van der Waals surface area contributed by atoms with Crippen molar-refractivity contribution in [1.82, 2.24) is 10.0 Å². The van der Waals surface area contributed by atoms with Crippen LogP contribution in [0.2, 0.25) is 0 Å². The highest BCUT2D eigenvalue weighted by molar-refractivity contribution is 7.89. The van der Waals surface area contributed by atoms with E-state index < -0.39 is 10.0 Å². The number of hydrogen-bond donors (Lipinski definition) is 2. The normalized spacial score (nSPS) is 16.9. The van der Waals surface area contributed by atoms with Crippen molar-refractivity contribution in [3.05, 3.63) is 59.7 Å². The molecule has 28 heavy (non-hydrogen) atoms. The van der Waals surface area contributed by atoms with Gasteiger partial charge in [0.2, 0.25) is 10.0 Å². The lowest BCUT2D eigenvalue weighted by Crippen LogP contribution is -2.40. The largest absolute Gasteiger partial charge is 0.356 e. The Hall–Kier alpha value is -2.38. The number of aliphatic imine (C=N–C) groups is 1. The van der Waals surface area contributed by atoms with Crippen molar-refractivity contribution in [2.75, 3.05) is 18.0 Å². The molecule has 0 aromatic heterocycles. The molecule has 4 rings (SSSR count). The molecule has 1 fully saturated rings. The number of sulfonamides is 1. The second kappa shape index (κ2) is 7.93. The highest BCUT2D eigenvalue weighted by Crippen LogP contribution is 2.27. The molecule has 7 heteroatoms. The summed E-state index contributed by atoms with van der Waals surface area (Å²) < 4.78 is 27.3. The third-order valence-electron chi connectivity index (χ3n) is 5.02. The first-order chi connectivity index (χ1) is 13.6. The fraction of sp³-hybridized carbons (Fsp3) is 0.381. The number of para-hydroxylation sites is 1. The molecular weight excluding hydrogens is 372 g/mol. The Kier molecular flexibility index (Phi) is 5.37. The maximum Gasteiger partial charge on any atom is 0.240 e. The lowest BCUT2D eigenvalue weighted by Gasteiger charge is -2.22. The first-order valence-corrected chi connectivity index (χ1v) is 11.3. The van der Waals surface area contributed by atoms with Crippen LogP contribution in [0.4, 0.5) is 5.69 Å². The SMILES string of the molecule is CCNC(=NCc1ccc(S(=O)(=O)NC2CC2)cc1)N1CCc2ccccc21. The zero-order valence-electron chi connectivity index (χ0n) is 16.1. The predicted molar refractivity (Wildman–Crippen MR) is 112 cm³/mol. The summed E-state index contributed by atoms with van der Waals surface area (Å²) in [5, 5.41) is 3.37. The smallest absolute Gasteiger partial charge is 0.240 e. The molecule has 1 saturated carbocycles. The Morgan fingerprint density at radius 2 is 1.89 bits per heavy atom. The van der Waals surface area contributed by atoms with Gasteiger partial charge in [-0.3, -0.25) is 0 Å². The van der Waals surface area contributed by atoms with Gasteiger partial charge >= 0.3 is 0 Å². The predicted octanol–water partition coefficient (Wildman–Crippen LogP) is 2.66. The van der Waals surface area contributed by atoms with Crippen molar-refractivity contribution < 1.29 is 8.42 Å². The van der Waals surface area contributed by atoms with E-state index in [1.54, 1.807) is 12.1 Å². The summed E-state index contributed by atoms with van der Waals surface area (Å²) in [5.41, 5.74) is 3.52. The van der Waals surface area contributed by atoms with Gasteiger partial charge in [0.25, 0.3) is 0 Å². The average Bonchev–Trinajstić information content (AvgIpc) is 3.40. The number of benzene rings is 2. The number of fused-ring (bicyclic) bond motifs is 1. The molecule has 2 aromatic rings. The fourth-order valence-electron chi connectivity index (χ4n) is 3.38. The Balaban J connectivity index is 1.48. The van der Waals surface area contributed by atoms with Crippen molar-refractivity contribution in [2.24, 2.45) is 4.99 Å². The molecule has 1 aliphatic carbocycles. The summed E-state index contributed by atoms with van der Waals surface area (Å²) in [4.78, 5) is 7.31. The van der Waals surface area contributed by atoms with E-state index in [2.05, 4.69) is 46.1 Å². The summed E-state index contributed by atoms with van der Waals surface area (Å²) in [5.74, 6) is 0.861. The van der Waals surface area contributed by atoms with E-state index in [-0.39, 0.29) is 6.04 Å². The number of nitrogens with one attached hydrogen (secondary N) is 2. The maximum absolute atomic E-state index is 12.3. The van der Waals surface area contributed by atoms with Crippen LogP contribution >= 0.6 is 0 Å². The highest BCUT2D eigenvalue weighted by atomic mass is 32.2. The Labute approximate surface area is 166 Å². The third-order valence-corrected chi connectivity index (χ3v) is 6.56. The van der Waals surface area contributed by atoms with Gasteiger partial charge in [-0.15, -0.1) is 0 Å². The highest BCUT2D eigenvalue weighted by Gasteiger charge is 2.28. The Morgan fingerprint density at radius 1 is 1.14 bits per heavy atom. The van der Waals surface area contributed by atoms with E-state index in [1.807, 2.05) is 12.1 Å². The fourth-order valence-corrected chi connectivity index (χ4v) is 4.69. The molecule has 0 amide bonds. The zero-order chi connectivity index (χ0) is 19.6. The molecule has 2 N–H and O–H groups in total. The summed E-state index contributed by atoms with van der Waals surface area (Å²) in [6.45, 7) is 4.26. The molecule has 0 bridgehead atoms. The average molecular weight is 399 g/mol. The quantitative estimate of drug-likeness (QED) is 0.580. The van der Waals surface area contributed by atoms with Crippen LogP contribution in [-0.2, 0) is 23.0 Å². The van der Waals surface area contributed by atoms with Gasteiger partial charge in [0, 0.05) is 24.8 Å². The van der Waals surface area contributed by atoms with E-state index in [9.17, 15) is 8.42 Å². The topological polar surface area (TPSA) is 73.8 Å². The van der Waals surface area contributed by atoms with Crippen LogP contribution < -0.4 is 14.9 Å². The first-order valence-electron chi connectivity index (χ1n) is 9.82. The van der Waals surface area contributed by atoms with Gasteiger partial charge in [-0.25, -0.2) is 18.1 Å². The van der Waals surface area contributed by atoms with E-state index >= 15 is 0 Å². The second-order valence-corrected chi connectivity index (χ2v) is 8.95. The van der Waals surface area contributed by atoms with Crippen LogP contribution in [0, 0.1) is 0 Å². The van der Waals surface area contributed by atoms with Crippen LogP contribution in [-0.4, -0.2) is 33.5 Å². The van der Waals surface area contributed by atoms with Crippen LogP contribution in [0.25, 0.3) is 0 Å². The van der Waals surface area contributed by atoms with Gasteiger partial charge in [-0.2, -0.15) is 0 Å². The summed E-state index contributed by atoms with van der Waals surface area (Å²) in [7, 11) is -3.41. The lowest BCUT2D eigenvalue weighted by molar-refractivity contribution is 0.581. The van der Waals surface area contributed by atoms with Crippen LogP contribution in [0.5, 0.6) is 0 Å². The minimum atomic E-state index is -3.41. The number of rotatable bonds is 6. The van der Waals surface area contributed by atoms with E-state index in [1.165, 1.54) is 11.3 Å². The number of guanidine groups is 1. The van der Waals surface area contributed by atoms with Gasteiger partial charge in [-0.1, -0.05) is 30.3 Å². The Morgan fingerprint density at radius 3 is 2.61 bits per heavy atom. The van der Waals surface area contributed by atoms with Gasteiger partial charge in [0.15, 0.2) is 5.96 Å². The van der Waals surface area contributed by atoms with Gasteiger partial charge in [0.1, 0.15) is 0 Å². The van der Waals surface area contributed by atoms with Gasteiger partial charge in [0.05, 0.1) is 11.4 Å². The van der Waals surface area contributed by atoms with Gasteiger partial charge in [-0.05, 0) is 55.5 Å². The van der Waals surface area contributed by atoms with Gasteiger partial charge < -0.3 is 10.2 Å². The molecule has 1 heterocycles. The zero-order valence-corrected chi connectivity index (χ0v) is 16.9. The van der Waals surface area contributed by atoms with Crippen molar-refractivity contribution in [3.63, 3.8) is 0 Å².